The van der Waals surface area contributed by atoms with Crippen molar-refractivity contribution in [3.63, 3.8) is 0 Å². The third kappa shape index (κ3) is 4.19. The van der Waals surface area contributed by atoms with Crippen LogP contribution in [0.4, 0.5) is 0 Å². The van der Waals surface area contributed by atoms with Gasteiger partial charge in [0.25, 0.3) is 0 Å². The Morgan fingerprint density at radius 1 is 1.43 bits per heavy atom. The zero-order chi connectivity index (χ0) is 17.0. The van der Waals surface area contributed by atoms with Gasteiger partial charge in [-0.1, -0.05) is 19.9 Å². The lowest BCUT2D eigenvalue weighted by Crippen LogP contribution is -2.52. The summed E-state index contributed by atoms with van der Waals surface area (Å²) in [4.78, 5) is 24.3. The first-order chi connectivity index (χ1) is 10.8. The van der Waals surface area contributed by atoms with Crippen LogP contribution < -0.4 is 16.7 Å². The molecule has 126 valence electrons. The molecular weight excluding hydrogens is 294 g/mol. The van der Waals surface area contributed by atoms with Gasteiger partial charge in [0.05, 0.1) is 6.54 Å². The lowest BCUT2D eigenvalue weighted by molar-refractivity contribution is -0.123. The van der Waals surface area contributed by atoms with Crippen molar-refractivity contribution in [2.24, 2.45) is 11.7 Å². The number of aromatic nitrogens is 3. The smallest absolute Gasteiger partial charge is 0.350 e. The van der Waals surface area contributed by atoms with Gasteiger partial charge in [0.1, 0.15) is 0 Å². The van der Waals surface area contributed by atoms with Gasteiger partial charge in [0.2, 0.25) is 5.91 Å². The maximum atomic E-state index is 12.2. The number of carbonyl (C=O) groups excluding carboxylic acids is 1. The SMILES string of the molecule is CC(C)CC(C)(CN)NC(=O)CCn1nc2ccccn2c1=O. The van der Waals surface area contributed by atoms with Gasteiger partial charge in [0, 0.05) is 24.7 Å². The summed E-state index contributed by atoms with van der Waals surface area (Å²) in [7, 11) is 0. The third-order valence-electron chi connectivity index (χ3n) is 3.79. The molecular formula is C16H25N5O2. The number of pyridine rings is 1. The standard InChI is InChI=1S/C16H25N5O2/c1-12(2)10-16(3,11-17)18-14(22)7-9-21-15(23)20-8-5-4-6-13(20)19-21/h4-6,8,12H,7,9-11,17H2,1-3H3,(H,18,22). The van der Waals surface area contributed by atoms with E-state index in [4.69, 9.17) is 5.73 Å². The number of nitrogens with two attached hydrogens (primary N) is 1. The Balaban J connectivity index is 2.00. The fourth-order valence-electron chi connectivity index (χ4n) is 2.81. The van der Waals surface area contributed by atoms with Crippen molar-refractivity contribution in [3.05, 3.63) is 34.9 Å². The number of hydrogen-bond donors (Lipinski definition) is 2. The predicted molar refractivity (Wildman–Crippen MR) is 89.1 cm³/mol. The van der Waals surface area contributed by atoms with E-state index >= 15 is 0 Å². The summed E-state index contributed by atoms with van der Waals surface area (Å²) in [5, 5.41) is 7.20. The molecule has 7 heteroatoms. The number of hydrogen-bond acceptors (Lipinski definition) is 4. The number of nitrogens with one attached hydrogen (secondary N) is 1. The predicted octanol–water partition coefficient (Wildman–Crippen LogP) is 0.766. The van der Waals surface area contributed by atoms with Crippen molar-refractivity contribution in [2.45, 2.75) is 45.7 Å². The molecule has 3 N–H and O–H groups in total. The molecule has 0 aliphatic heterocycles. The molecule has 0 saturated heterocycles. The van der Waals surface area contributed by atoms with Gasteiger partial charge in [0.15, 0.2) is 5.65 Å². The number of carbonyl (C=O) groups is 1. The zero-order valence-electron chi connectivity index (χ0n) is 14.0. The van der Waals surface area contributed by atoms with Gasteiger partial charge in [-0.2, -0.15) is 0 Å². The molecule has 23 heavy (non-hydrogen) atoms. The van der Waals surface area contributed by atoms with Crippen molar-refractivity contribution in [1.82, 2.24) is 19.5 Å². The van der Waals surface area contributed by atoms with Crippen LogP contribution in [0.1, 0.15) is 33.6 Å². The Kier molecular flexibility index (Phi) is 5.20. The number of fused-ring (bicyclic) bond motifs is 1. The van der Waals surface area contributed by atoms with Crippen LogP contribution in [-0.2, 0) is 11.3 Å². The van der Waals surface area contributed by atoms with Crippen LogP contribution in [0.15, 0.2) is 29.2 Å². The fourth-order valence-corrected chi connectivity index (χ4v) is 2.81. The first-order valence-electron chi connectivity index (χ1n) is 7.90. The summed E-state index contributed by atoms with van der Waals surface area (Å²) in [6.45, 7) is 6.76. The zero-order valence-corrected chi connectivity index (χ0v) is 14.0. The maximum absolute atomic E-state index is 12.2. The van der Waals surface area contributed by atoms with E-state index in [0.717, 1.165) is 6.42 Å². The number of rotatable bonds is 7. The van der Waals surface area contributed by atoms with Crippen LogP contribution in [-0.4, -0.2) is 32.2 Å². The quantitative estimate of drug-likeness (QED) is 0.788. The fraction of sp³-hybridized carbons (Fsp3) is 0.562. The van der Waals surface area contributed by atoms with E-state index in [9.17, 15) is 9.59 Å². The molecule has 0 spiro atoms. The summed E-state index contributed by atoms with van der Waals surface area (Å²) >= 11 is 0. The summed E-state index contributed by atoms with van der Waals surface area (Å²) < 4.78 is 2.78. The summed E-state index contributed by atoms with van der Waals surface area (Å²) in [5.41, 5.74) is 5.71. The molecule has 2 aromatic rings. The Morgan fingerprint density at radius 2 is 2.17 bits per heavy atom. The molecule has 2 rings (SSSR count). The van der Waals surface area contributed by atoms with Crippen molar-refractivity contribution < 1.29 is 4.79 Å². The minimum Gasteiger partial charge on any atom is -0.350 e. The second-order valence-electron chi connectivity index (χ2n) is 6.60. The Bertz CT molecular complexity index is 733. The minimum absolute atomic E-state index is 0.123. The lowest BCUT2D eigenvalue weighted by Gasteiger charge is -2.31. The number of amides is 1. The molecule has 0 fully saturated rings. The van der Waals surface area contributed by atoms with Crippen LogP contribution in [0.25, 0.3) is 5.65 Å². The Hall–Kier alpha value is -2.15. The molecule has 0 aliphatic carbocycles. The van der Waals surface area contributed by atoms with Crippen LogP contribution in [0.2, 0.25) is 0 Å². The topological polar surface area (TPSA) is 94.4 Å². The van der Waals surface area contributed by atoms with E-state index in [1.165, 1.54) is 9.08 Å². The highest BCUT2D eigenvalue weighted by Crippen LogP contribution is 2.15. The second-order valence-corrected chi connectivity index (χ2v) is 6.60. The molecule has 7 nitrogen and oxygen atoms in total. The van der Waals surface area contributed by atoms with E-state index in [2.05, 4.69) is 24.3 Å². The van der Waals surface area contributed by atoms with Crippen molar-refractivity contribution in [1.29, 1.82) is 0 Å². The molecule has 0 saturated carbocycles. The van der Waals surface area contributed by atoms with Gasteiger partial charge >= 0.3 is 5.69 Å². The summed E-state index contributed by atoms with van der Waals surface area (Å²) in [6, 6.07) is 5.34. The van der Waals surface area contributed by atoms with Crippen LogP contribution in [0.5, 0.6) is 0 Å². The molecule has 0 aliphatic rings. The number of nitrogens with zero attached hydrogens (tertiary/aromatic N) is 3. The van der Waals surface area contributed by atoms with E-state index in [0.29, 0.717) is 18.1 Å². The van der Waals surface area contributed by atoms with E-state index in [-0.39, 0.29) is 24.6 Å². The molecule has 0 aromatic carbocycles. The van der Waals surface area contributed by atoms with Crippen molar-refractivity contribution in [2.75, 3.05) is 6.54 Å². The largest absolute Gasteiger partial charge is 0.350 e. The third-order valence-corrected chi connectivity index (χ3v) is 3.79. The van der Waals surface area contributed by atoms with Gasteiger partial charge in [-0.25, -0.2) is 9.48 Å². The monoisotopic (exact) mass is 319 g/mol. The van der Waals surface area contributed by atoms with Gasteiger partial charge in [-0.05, 0) is 31.4 Å². The van der Waals surface area contributed by atoms with E-state index < -0.39 is 5.54 Å². The van der Waals surface area contributed by atoms with Crippen LogP contribution in [0.3, 0.4) is 0 Å². The normalized spacial score (nSPS) is 14.1. The number of aryl methyl sites for hydroxylation is 1. The molecule has 0 bridgehead atoms. The van der Waals surface area contributed by atoms with Crippen LogP contribution >= 0.6 is 0 Å². The first kappa shape index (κ1) is 17.2. The highest BCUT2D eigenvalue weighted by atomic mass is 16.2. The van der Waals surface area contributed by atoms with E-state index in [1.54, 1.807) is 18.3 Å². The average Bonchev–Trinajstić information content (AvgIpc) is 2.81. The summed E-state index contributed by atoms with van der Waals surface area (Å²) in [6.07, 6.45) is 2.66. The molecule has 0 radical (unpaired) electrons. The molecule has 2 heterocycles. The first-order valence-corrected chi connectivity index (χ1v) is 7.90. The molecule has 2 aromatic heterocycles. The van der Waals surface area contributed by atoms with Gasteiger partial charge in [-0.15, -0.1) is 5.10 Å². The lowest BCUT2D eigenvalue weighted by atomic mass is 9.90. The van der Waals surface area contributed by atoms with E-state index in [1.807, 2.05) is 13.0 Å². The highest BCUT2D eigenvalue weighted by Gasteiger charge is 2.25. The Morgan fingerprint density at radius 3 is 2.78 bits per heavy atom. The average molecular weight is 319 g/mol. The molecule has 1 amide bonds. The minimum atomic E-state index is -0.422. The van der Waals surface area contributed by atoms with Crippen LogP contribution in [0, 0.1) is 5.92 Å². The molecule has 1 unspecified atom stereocenters. The second kappa shape index (κ2) is 6.95. The van der Waals surface area contributed by atoms with Crippen molar-refractivity contribution >= 4 is 11.6 Å². The maximum Gasteiger partial charge on any atom is 0.350 e. The van der Waals surface area contributed by atoms with Crippen molar-refractivity contribution in [3.8, 4) is 0 Å². The van der Waals surface area contributed by atoms with Gasteiger partial charge < -0.3 is 11.1 Å². The summed E-state index contributed by atoms with van der Waals surface area (Å²) in [5.74, 6) is 0.312. The Labute approximate surface area is 135 Å². The highest BCUT2D eigenvalue weighted by molar-refractivity contribution is 5.76. The van der Waals surface area contributed by atoms with Gasteiger partial charge in [-0.3, -0.25) is 9.20 Å². The molecule has 1 atom stereocenters.